The average Bonchev–Trinajstić information content (AvgIpc) is 3.21. The molecule has 1 amide bonds. The zero-order chi connectivity index (χ0) is 19.9. The van der Waals surface area contributed by atoms with Crippen LogP contribution in [0.1, 0.15) is 32.3 Å². The lowest BCUT2D eigenvalue weighted by Crippen LogP contribution is -2.86. The molecule has 3 atom stereocenters. The van der Waals surface area contributed by atoms with Crippen molar-refractivity contribution in [3.63, 3.8) is 0 Å². The summed E-state index contributed by atoms with van der Waals surface area (Å²) in [6.07, 6.45) is 0. The summed E-state index contributed by atoms with van der Waals surface area (Å²) in [5.74, 6) is 1.52. The SMILES string of the molecule is CCSC1(SCC)[NH+]=C(N)C2(C#N)C(c3ccc(NC(C)=O)cc3)C12C#N. The fourth-order valence-electron chi connectivity index (χ4n) is 4.32. The number of fused-ring (bicyclic) bond motifs is 1. The molecule has 6 nitrogen and oxygen atoms in total. The molecule has 1 aliphatic heterocycles. The molecule has 1 aromatic rings. The minimum absolute atomic E-state index is 0.146. The van der Waals surface area contributed by atoms with E-state index in [0.717, 1.165) is 17.1 Å². The third kappa shape index (κ3) is 2.40. The molecule has 1 aliphatic carbocycles. The first-order valence-corrected chi connectivity index (χ1v) is 10.7. The molecule has 3 rings (SSSR count). The molecule has 1 aromatic carbocycles. The molecule has 0 saturated heterocycles. The molecule has 140 valence electrons. The largest absolute Gasteiger partial charge is 0.326 e. The Morgan fingerprint density at radius 3 is 2.26 bits per heavy atom. The van der Waals surface area contributed by atoms with Crippen LogP contribution >= 0.6 is 23.5 Å². The maximum Gasteiger partial charge on any atom is 0.265 e. The summed E-state index contributed by atoms with van der Waals surface area (Å²) in [5.41, 5.74) is 5.90. The highest BCUT2D eigenvalue weighted by molar-refractivity contribution is 8.17. The van der Waals surface area contributed by atoms with E-state index in [4.69, 9.17) is 5.73 Å². The van der Waals surface area contributed by atoms with Crippen molar-refractivity contribution < 1.29 is 9.79 Å². The summed E-state index contributed by atoms with van der Waals surface area (Å²) in [7, 11) is 0. The summed E-state index contributed by atoms with van der Waals surface area (Å²) in [4.78, 5) is 14.5. The van der Waals surface area contributed by atoms with Crippen LogP contribution in [0.2, 0.25) is 0 Å². The van der Waals surface area contributed by atoms with Gasteiger partial charge in [0.2, 0.25) is 10.1 Å². The van der Waals surface area contributed by atoms with Gasteiger partial charge in [-0.1, -0.05) is 49.5 Å². The van der Waals surface area contributed by atoms with Gasteiger partial charge >= 0.3 is 0 Å². The topological polar surface area (TPSA) is 117 Å². The number of hydrogen-bond acceptors (Lipinski definition) is 6. The zero-order valence-corrected chi connectivity index (χ0v) is 17.1. The second-order valence-corrected chi connectivity index (χ2v) is 9.81. The van der Waals surface area contributed by atoms with Crippen LogP contribution in [-0.2, 0) is 4.79 Å². The fourth-order valence-corrected chi connectivity index (χ4v) is 7.64. The van der Waals surface area contributed by atoms with E-state index in [-0.39, 0.29) is 11.8 Å². The molecule has 1 saturated carbocycles. The van der Waals surface area contributed by atoms with E-state index >= 15 is 0 Å². The van der Waals surface area contributed by atoms with Crippen molar-refractivity contribution in [3.05, 3.63) is 29.8 Å². The lowest BCUT2D eigenvalue weighted by Gasteiger charge is -2.29. The third-order valence-electron chi connectivity index (χ3n) is 5.26. The lowest BCUT2D eigenvalue weighted by molar-refractivity contribution is -0.492. The van der Waals surface area contributed by atoms with Crippen LogP contribution in [0.3, 0.4) is 0 Å². The van der Waals surface area contributed by atoms with Crippen molar-refractivity contribution in [3.8, 4) is 12.1 Å². The van der Waals surface area contributed by atoms with Crippen molar-refractivity contribution in [2.24, 2.45) is 16.6 Å². The highest BCUT2D eigenvalue weighted by atomic mass is 32.2. The van der Waals surface area contributed by atoms with E-state index < -0.39 is 15.0 Å². The Bertz CT molecular complexity index is 879. The molecular formula is C19H22N5OS2+. The molecule has 1 heterocycles. The van der Waals surface area contributed by atoms with Gasteiger partial charge in [0.15, 0.2) is 10.8 Å². The molecule has 4 N–H and O–H groups in total. The molecule has 27 heavy (non-hydrogen) atoms. The second-order valence-electron chi connectivity index (χ2n) is 6.60. The number of nitrogens with one attached hydrogen (secondary N) is 2. The Hall–Kier alpha value is -2.16. The Balaban J connectivity index is 2.10. The maximum absolute atomic E-state index is 11.2. The smallest absolute Gasteiger partial charge is 0.265 e. The van der Waals surface area contributed by atoms with Gasteiger partial charge < -0.3 is 5.32 Å². The van der Waals surface area contributed by atoms with Gasteiger partial charge in [0, 0.05) is 18.5 Å². The summed E-state index contributed by atoms with van der Waals surface area (Å²) in [6.45, 7) is 5.53. The van der Waals surface area contributed by atoms with Crippen LogP contribution in [0.25, 0.3) is 0 Å². The number of amides is 1. The minimum atomic E-state index is -1.05. The Morgan fingerprint density at radius 2 is 1.81 bits per heavy atom. The predicted octanol–water partition coefficient (Wildman–Crippen LogP) is 1.37. The van der Waals surface area contributed by atoms with Crippen LogP contribution in [-0.4, -0.2) is 27.5 Å². The number of carbonyl (C=O) groups excluding carboxylic acids is 1. The molecule has 8 heteroatoms. The van der Waals surface area contributed by atoms with Gasteiger partial charge in [0.1, 0.15) is 0 Å². The molecule has 0 aromatic heterocycles. The normalized spacial score (nSPS) is 29.8. The Kier molecular flexibility index (Phi) is 4.92. The van der Waals surface area contributed by atoms with E-state index in [2.05, 4.69) is 22.4 Å². The molecule has 2 aliphatic rings. The standard InChI is InChI=1S/C19H21N5OS2/c1-4-26-19(27-5-2)18(11-21)15(17(18,10-20)16(22)24-19)13-6-8-14(9-7-13)23-12(3)25/h6-9,15H,4-5H2,1-3H3,(H2,22,24)(H,23,25)/p+1. The number of thioether (sulfide) groups is 2. The molecule has 3 unspecified atom stereocenters. The van der Waals surface area contributed by atoms with E-state index in [1.165, 1.54) is 6.92 Å². The first-order chi connectivity index (χ1) is 12.9. The van der Waals surface area contributed by atoms with E-state index in [9.17, 15) is 15.3 Å². The van der Waals surface area contributed by atoms with Crippen molar-refractivity contribution in [2.75, 3.05) is 16.8 Å². The Morgan fingerprint density at radius 1 is 1.22 bits per heavy atom. The molecule has 0 radical (unpaired) electrons. The highest BCUT2D eigenvalue weighted by Gasteiger charge is 2.95. The number of rotatable bonds is 6. The van der Waals surface area contributed by atoms with Gasteiger partial charge in [-0.05, 0) is 29.2 Å². The van der Waals surface area contributed by atoms with Gasteiger partial charge in [-0.2, -0.15) is 10.5 Å². The lowest BCUT2D eigenvalue weighted by atomic mass is 9.97. The molecular weight excluding hydrogens is 378 g/mol. The van der Waals surface area contributed by atoms with Crippen molar-refractivity contribution in [1.82, 2.24) is 0 Å². The van der Waals surface area contributed by atoms with Crippen molar-refractivity contribution >= 4 is 41.0 Å². The molecule has 0 spiro atoms. The summed E-state index contributed by atoms with van der Waals surface area (Å²) >= 11 is 3.26. The minimum Gasteiger partial charge on any atom is -0.326 e. The van der Waals surface area contributed by atoms with Crippen molar-refractivity contribution in [2.45, 2.75) is 30.9 Å². The zero-order valence-electron chi connectivity index (χ0n) is 15.5. The quantitative estimate of drug-likeness (QED) is 0.621. The first kappa shape index (κ1) is 19.6. The van der Waals surface area contributed by atoms with Crippen molar-refractivity contribution in [1.29, 1.82) is 10.5 Å². The maximum atomic E-state index is 11.2. The second kappa shape index (κ2) is 6.78. The van der Waals surface area contributed by atoms with Crippen LogP contribution in [0.4, 0.5) is 5.69 Å². The summed E-state index contributed by atoms with van der Waals surface area (Å²) < 4.78 is -0.661. The van der Waals surface area contributed by atoms with Gasteiger partial charge in [-0.15, -0.1) is 0 Å². The summed E-state index contributed by atoms with van der Waals surface area (Å²) in [6, 6.07) is 12.2. The number of benzene rings is 1. The van der Waals surface area contributed by atoms with E-state index in [1.807, 2.05) is 26.0 Å². The number of nitriles is 2. The van der Waals surface area contributed by atoms with Gasteiger partial charge in [0.25, 0.3) is 5.84 Å². The third-order valence-corrected chi connectivity index (χ3v) is 8.21. The van der Waals surface area contributed by atoms with E-state index in [1.54, 1.807) is 35.7 Å². The Labute approximate surface area is 167 Å². The van der Waals surface area contributed by atoms with Gasteiger partial charge in [-0.3, -0.25) is 15.5 Å². The van der Waals surface area contributed by atoms with Gasteiger partial charge in [-0.25, -0.2) is 0 Å². The van der Waals surface area contributed by atoms with Crippen LogP contribution in [0.5, 0.6) is 0 Å². The number of carbonyl (C=O) groups is 1. The van der Waals surface area contributed by atoms with Gasteiger partial charge in [0.05, 0.1) is 12.1 Å². The number of amidine groups is 1. The monoisotopic (exact) mass is 400 g/mol. The number of hydrogen-bond donors (Lipinski definition) is 3. The molecule has 0 bridgehead atoms. The number of nitrogens with zero attached hydrogens (tertiary/aromatic N) is 2. The summed E-state index contributed by atoms with van der Waals surface area (Å²) in [5, 5.41) is 23.1. The van der Waals surface area contributed by atoms with Crippen LogP contribution in [0.15, 0.2) is 24.3 Å². The average molecular weight is 401 g/mol. The van der Waals surface area contributed by atoms with Crippen LogP contribution in [0, 0.1) is 33.5 Å². The van der Waals surface area contributed by atoms with E-state index in [0.29, 0.717) is 11.5 Å². The highest BCUT2D eigenvalue weighted by Crippen LogP contribution is 2.81. The number of nitrogens with two attached hydrogens (primary N) is 1. The fraction of sp³-hybridized carbons (Fsp3) is 0.474. The number of anilines is 1. The first-order valence-electron chi connectivity index (χ1n) is 8.78. The predicted molar refractivity (Wildman–Crippen MR) is 109 cm³/mol. The molecule has 1 fully saturated rings. The van der Waals surface area contributed by atoms with Crippen LogP contribution < -0.4 is 16.0 Å².